The van der Waals surface area contributed by atoms with Gasteiger partial charge in [-0.2, -0.15) is 13.2 Å². The van der Waals surface area contributed by atoms with E-state index in [1.165, 1.54) is 12.1 Å². The predicted molar refractivity (Wildman–Crippen MR) is 157 cm³/mol. The van der Waals surface area contributed by atoms with Crippen molar-refractivity contribution in [2.75, 3.05) is 5.32 Å². The molecule has 1 aliphatic rings. The number of halogens is 4. The van der Waals surface area contributed by atoms with Crippen LogP contribution in [0.25, 0.3) is 22.7 Å². The lowest BCUT2D eigenvalue weighted by molar-refractivity contribution is -0.136. The number of nitrogens with zero attached hydrogens (tertiary/aromatic N) is 2. The van der Waals surface area contributed by atoms with Gasteiger partial charge in [-0.3, -0.25) is 0 Å². The van der Waals surface area contributed by atoms with E-state index in [2.05, 4.69) is 29.6 Å². The minimum atomic E-state index is -4.54. The van der Waals surface area contributed by atoms with Crippen molar-refractivity contribution < 1.29 is 13.2 Å². The Balaban J connectivity index is 1.87. The van der Waals surface area contributed by atoms with Gasteiger partial charge in [0.15, 0.2) is 0 Å². The molecule has 2 aromatic carbocycles. The number of aromatic nitrogens is 2. The van der Waals surface area contributed by atoms with Gasteiger partial charge in [0.1, 0.15) is 5.82 Å². The van der Waals surface area contributed by atoms with Gasteiger partial charge in [-0.1, -0.05) is 87.0 Å². The Hall–Kier alpha value is -3.51. The van der Waals surface area contributed by atoms with Crippen molar-refractivity contribution in [3.05, 3.63) is 108 Å². The van der Waals surface area contributed by atoms with Gasteiger partial charge >= 0.3 is 6.18 Å². The Morgan fingerprint density at radius 3 is 2.49 bits per heavy atom. The molecule has 4 rings (SSSR count). The van der Waals surface area contributed by atoms with Crippen LogP contribution in [0.5, 0.6) is 0 Å². The van der Waals surface area contributed by atoms with Crippen LogP contribution < -0.4 is 5.32 Å². The number of hydrogen-bond acceptors (Lipinski definition) is 2. The maximum absolute atomic E-state index is 14.1. The molecule has 1 saturated carbocycles. The van der Waals surface area contributed by atoms with E-state index in [0.717, 1.165) is 60.6 Å². The van der Waals surface area contributed by atoms with Crippen LogP contribution in [0, 0.1) is 5.92 Å². The molecule has 1 aromatic heterocycles. The molecule has 1 heterocycles. The molecule has 0 bridgehead atoms. The minimum absolute atomic E-state index is 0.0298. The number of rotatable bonds is 9. The minimum Gasteiger partial charge on any atom is -0.357 e. The van der Waals surface area contributed by atoms with Gasteiger partial charge in [0.2, 0.25) is 0 Å². The van der Waals surface area contributed by atoms with Crippen LogP contribution in [0.15, 0.2) is 91.2 Å². The number of anilines is 1. The predicted octanol–water partition coefficient (Wildman–Crippen LogP) is 10.2. The summed E-state index contributed by atoms with van der Waals surface area (Å²) >= 11 is 6.16. The lowest BCUT2D eigenvalue weighted by Crippen LogP contribution is -2.28. The van der Waals surface area contributed by atoms with E-state index in [-0.39, 0.29) is 17.6 Å². The summed E-state index contributed by atoms with van der Waals surface area (Å²) in [6, 6.07) is 11.7. The van der Waals surface area contributed by atoms with Crippen LogP contribution in [0.3, 0.4) is 0 Å². The second-order valence-corrected chi connectivity index (χ2v) is 10.3. The average Bonchev–Trinajstić information content (AvgIpc) is 3.31. The zero-order chi connectivity index (χ0) is 28.2. The van der Waals surface area contributed by atoms with Crippen LogP contribution in [0.1, 0.15) is 62.0 Å². The SMILES string of the molecule is C=C/C(Cl)=C\C=C(/C)c1nc2ccccc2n1C(C(=C)Nc1ccc(C=C)cc1C(F)(F)F)C1CCCCC1. The van der Waals surface area contributed by atoms with E-state index in [1.54, 1.807) is 18.2 Å². The van der Waals surface area contributed by atoms with Crippen molar-refractivity contribution >= 4 is 40.0 Å². The largest absolute Gasteiger partial charge is 0.418 e. The highest BCUT2D eigenvalue weighted by atomic mass is 35.5. The molecular formula is C32H33ClF3N3. The van der Waals surface area contributed by atoms with Gasteiger partial charge < -0.3 is 9.88 Å². The number of para-hydroxylation sites is 2. The molecule has 0 amide bonds. The van der Waals surface area contributed by atoms with Gasteiger partial charge in [-0.15, -0.1) is 0 Å². The number of nitrogens with one attached hydrogen (secondary N) is 1. The zero-order valence-electron chi connectivity index (χ0n) is 22.1. The maximum Gasteiger partial charge on any atom is 0.418 e. The molecule has 0 saturated heterocycles. The number of alkyl halides is 3. The summed E-state index contributed by atoms with van der Waals surface area (Å²) in [5.74, 6) is 0.898. The molecule has 39 heavy (non-hydrogen) atoms. The van der Waals surface area contributed by atoms with E-state index in [4.69, 9.17) is 16.6 Å². The van der Waals surface area contributed by atoms with Crippen molar-refractivity contribution in [2.45, 2.75) is 51.2 Å². The maximum atomic E-state index is 14.1. The van der Waals surface area contributed by atoms with E-state index < -0.39 is 11.7 Å². The topological polar surface area (TPSA) is 29.9 Å². The summed E-state index contributed by atoms with van der Waals surface area (Å²) < 4.78 is 44.3. The average molecular weight is 552 g/mol. The Morgan fingerprint density at radius 1 is 1.10 bits per heavy atom. The van der Waals surface area contributed by atoms with Gasteiger partial charge in [-0.05, 0) is 67.2 Å². The molecule has 3 aromatic rings. The fourth-order valence-corrected chi connectivity index (χ4v) is 5.39. The van der Waals surface area contributed by atoms with Crippen molar-refractivity contribution in [1.29, 1.82) is 0 Å². The smallest absolute Gasteiger partial charge is 0.357 e. The molecule has 1 fully saturated rings. The van der Waals surface area contributed by atoms with Gasteiger partial charge in [0.25, 0.3) is 0 Å². The lowest BCUT2D eigenvalue weighted by atomic mass is 9.82. The second-order valence-electron chi connectivity index (χ2n) is 9.90. The fourth-order valence-electron chi connectivity index (χ4n) is 5.33. The Bertz CT molecular complexity index is 1440. The first-order valence-corrected chi connectivity index (χ1v) is 13.4. The second kappa shape index (κ2) is 12.1. The zero-order valence-corrected chi connectivity index (χ0v) is 22.8. The van der Waals surface area contributed by atoms with E-state index in [1.807, 2.05) is 37.3 Å². The molecule has 1 atom stereocenters. The monoisotopic (exact) mass is 551 g/mol. The highest BCUT2D eigenvalue weighted by molar-refractivity contribution is 6.31. The van der Waals surface area contributed by atoms with E-state index in [0.29, 0.717) is 16.3 Å². The van der Waals surface area contributed by atoms with Crippen LogP contribution in [0.4, 0.5) is 18.9 Å². The quantitative estimate of drug-likeness (QED) is 0.268. The molecule has 204 valence electrons. The van der Waals surface area contributed by atoms with E-state index in [9.17, 15) is 13.2 Å². The Labute approximate surface area is 233 Å². The summed E-state index contributed by atoms with van der Waals surface area (Å²) in [5.41, 5.74) is 2.69. The molecule has 7 heteroatoms. The van der Waals surface area contributed by atoms with Gasteiger partial charge in [0.05, 0.1) is 28.3 Å². The summed E-state index contributed by atoms with van der Waals surface area (Å²) in [6.45, 7) is 13.6. The lowest BCUT2D eigenvalue weighted by Gasteiger charge is -2.35. The first-order valence-electron chi connectivity index (χ1n) is 13.1. The van der Waals surface area contributed by atoms with Crippen molar-refractivity contribution in [3.8, 4) is 0 Å². The standard InChI is InChI=1S/C32H33ClF3N3/c1-5-23-17-19-27(26(20-23)32(34,35)36)37-22(4)30(24-12-8-7-9-13-24)39-29-15-11-10-14-28(29)38-31(39)21(3)16-18-25(33)6-2/h5-6,10-11,14-20,24,30,37H,1-2,4,7-9,12-13H2,3H3/b21-16+,25-18+. The summed E-state index contributed by atoms with van der Waals surface area (Å²) in [5, 5.41) is 3.58. The number of fused-ring (bicyclic) bond motifs is 1. The summed E-state index contributed by atoms with van der Waals surface area (Å²) in [4.78, 5) is 4.94. The third-order valence-corrected chi connectivity index (χ3v) is 7.53. The fraction of sp³-hybridized carbons (Fsp3) is 0.281. The molecule has 1 aliphatic carbocycles. The molecule has 1 unspecified atom stereocenters. The number of allylic oxidation sites excluding steroid dienone is 6. The first-order chi connectivity index (χ1) is 18.6. The molecule has 0 spiro atoms. The summed E-state index contributed by atoms with van der Waals surface area (Å²) in [7, 11) is 0. The third kappa shape index (κ3) is 6.39. The van der Waals surface area contributed by atoms with Gasteiger partial charge in [0, 0.05) is 10.7 Å². The van der Waals surface area contributed by atoms with Crippen LogP contribution in [-0.4, -0.2) is 9.55 Å². The van der Waals surface area contributed by atoms with Crippen LogP contribution in [-0.2, 0) is 6.18 Å². The van der Waals surface area contributed by atoms with Crippen LogP contribution >= 0.6 is 11.6 Å². The molecule has 1 N–H and O–H groups in total. The number of hydrogen-bond donors (Lipinski definition) is 1. The molecule has 0 radical (unpaired) electrons. The van der Waals surface area contributed by atoms with Crippen molar-refractivity contribution in [1.82, 2.24) is 9.55 Å². The molecule has 3 nitrogen and oxygen atoms in total. The highest BCUT2D eigenvalue weighted by Gasteiger charge is 2.36. The first kappa shape index (κ1) is 28.5. The normalized spacial score (nSPS) is 16.2. The molecular weight excluding hydrogens is 519 g/mol. The van der Waals surface area contributed by atoms with Crippen LogP contribution in [0.2, 0.25) is 0 Å². The highest BCUT2D eigenvalue weighted by Crippen LogP contribution is 2.42. The summed E-state index contributed by atoms with van der Waals surface area (Å²) in [6.07, 6.45) is 7.23. The Morgan fingerprint density at radius 2 is 1.82 bits per heavy atom. The van der Waals surface area contributed by atoms with Crippen molar-refractivity contribution in [2.24, 2.45) is 5.92 Å². The van der Waals surface area contributed by atoms with Crippen molar-refractivity contribution in [3.63, 3.8) is 0 Å². The Kier molecular flexibility index (Phi) is 8.86. The third-order valence-electron chi connectivity index (χ3n) is 7.25. The number of imidazole rings is 1. The van der Waals surface area contributed by atoms with E-state index >= 15 is 0 Å². The molecule has 0 aliphatic heterocycles. The van der Waals surface area contributed by atoms with Gasteiger partial charge in [-0.25, -0.2) is 4.98 Å². The number of benzene rings is 2.